The minimum atomic E-state index is 0.155. The van der Waals surface area contributed by atoms with E-state index in [1.807, 2.05) is 0 Å². The fourth-order valence-electron chi connectivity index (χ4n) is 1.62. The average molecular weight is 285 g/mol. The zero-order valence-corrected chi connectivity index (χ0v) is 11.5. The second kappa shape index (κ2) is 5.79. The van der Waals surface area contributed by atoms with Crippen molar-refractivity contribution in [2.24, 2.45) is 0 Å². The highest BCUT2D eigenvalue weighted by Gasteiger charge is 2.17. The van der Waals surface area contributed by atoms with Gasteiger partial charge in [0.05, 0.1) is 26.9 Å². The van der Waals surface area contributed by atoms with Gasteiger partial charge in [0.15, 0.2) is 11.5 Å². The molecule has 7 heteroatoms. The molecule has 0 aliphatic heterocycles. The Kier molecular flexibility index (Phi) is 4.11. The smallest absolute Gasteiger partial charge is 0.241 e. The molecule has 102 valence electrons. The highest BCUT2D eigenvalue weighted by Crippen LogP contribution is 2.38. The van der Waals surface area contributed by atoms with Crippen molar-refractivity contribution in [3.63, 3.8) is 0 Å². The van der Waals surface area contributed by atoms with Crippen molar-refractivity contribution in [1.29, 1.82) is 0 Å². The Labute approximate surface area is 115 Å². The minimum Gasteiger partial charge on any atom is -0.496 e. The third-order valence-electron chi connectivity index (χ3n) is 2.53. The number of nitrogens with zero attached hydrogens (tertiary/aromatic N) is 2. The van der Waals surface area contributed by atoms with Crippen molar-refractivity contribution in [2.45, 2.75) is 5.88 Å². The number of hydrogen-bond acceptors (Lipinski definition) is 6. The molecule has 0 amide bonds. The van der Waals surface area contributed by atoms with Gasteiger partial charge in [0.25, 0.3) is 0 Å². The highest BCUT2D eigenvalue weighted by molar-refractivity contribution is 6.16. The molecule has 0 bridgehead atoms. The molecule has 2 rings (SSSR count). The lowest BCUT2D eigenvalue weighted by molar-refractivity contribution is 0.349. The lowest BCUT2D eigenvalue weighted by Crippen LogP contribution is -1.95. The van der Waals surface area contributed by atoms with Crippen LogP contribution in [0.3, 0.4) is 0 Å². The predicted octanol–water partition coefficient (Wildman–Crippen LogP) is 2.50. The molecule has 0 saturated carbocycles. The summed E-state index contributed by atoms with van der Waals surface area (Å²) in [6.45, 7) is 0. The first-order chi connectivity index (χ1) is 9.23. The fourth-order valence-corrected chi connectivity index (χ4v) is 1.73. The maximum absolute atomic E-state index is 5.64. The van der Waals surface area contributed by atoms with Crippen molar-refractivity contribution < 1.29 is 18.7 Å². The third-order valence-corrected chi connectivity index (χ3v) is 2.76. The highest BCUT2D eigenvalue weighted by atomic mass is 35.5. The van der Waals surface area contributed by atoms with Gasteiger partial charge in [-0.3, -0.25) is 0 Å². The molecule has 0 fully saturated rings. The quantitative estimate of drug-likeness (QED) is 0.786. The van der Waals surface area contributed by atoms with Crippen molar-refractivity contribution >= 4 is 11.6 Å². The monoisotopic (exact) mass is 284 g/mol. The van der Waals surface area contributed by atoms with Gasteiger partial charge in [-0.05, 0) is 6.07 Å². The van der Waals surface area contributed by atoms with Crippen LogP contribution in [0.4, 0.5) is 0 Å². The van der Waals surface area contributed by atoms with Gasteiger partial charge in [-0.15, -0.1) is 11.6 Å². The first kappa shape index (κ1) is 13.5. The second-order valence-corrected chi connectivity index (χ2v) is 3.82. The van der Waals surface area contributed by atoms with Gasteiger partial charge in [0.1, 0.15) is 11.6 Å². The molecule has 0 aliphatic rings. The van der Waals surface area contributed by atoms with Gasteiger partial charge in [0, 0.05) is 6.07 Å². The van der Waals surface area contributed by atoms with E-state index in [2.05, 4.69) is 10.1 Å². The summed E-state index contributed by atoms with van der Waals surface area (Å²) in [6, 6.07) is 3.42. The lowest BCUT2D eigenvalue weighted by Gasteiger charge is -2.12. The molecule has 0 atom stereocenters. The molecule has 19 heavy (non-hydrogen) atoms. The first-order valence-corrected chi connectivity index (χ1v) is 5.95. The van der Waals surface area contributed by atoms with Crippen LogP contribution in [0.2, 0.25) is 0 Å². The molecule has 6 nitrogen and oxygen atoms in total. The van der Waals surface area contributed by atoms with Gasteiger partial charge in [-0.2, -0.15) is 4.98 Å². The number of halogens is 1. The summed E-state index contributed by atoms with van der Waals surface area (Å²) in [6.07, 6.45) is 0. The van der Waals surface area contributed by atoms with Crippen LogP contribution in [-0.2, 0) is 5.88 Å². The van der Waals surface area contributed by atoms with E-state index >= 15 is 0 Å². The summed E-state index contributed by atoms with van der Waals surface area (Å²) in [4.78, 5) is 4.15. The summed E-state index contributed by atoms with van der Waals surface area (Å²) in [5.74, 6) is 2.55. The third kappa shape index (κ3) is 2.58. The van der Waals surface area contributed by atoms with Crippen LogP contribution in [0.15, 0.2) is 16.7 Å². The van der Waals surface area contributed by atoms with E-state index in [9.17, 15) is 0 Å². The van der Waals surface area contributed by atoms with Crippen LogP contribution in [0.25, 0.3) is 11.4 Å². The largest absolute Gasteiger partial charge is 0.496 e. The van der Waals surface area contributed by atoms with Crippen molar-refractivity contribution in [3.8, 4) is 28.6 Å². The zero-order valence-electron chi connectivity index (χ0n) is 10.8. The molecule has 2 aromatic rings. The Morgan fingerprint density at radius 3 is 2.21 bits per heavy atom. The van der Waals surface area contributed by atoms with E-state index in [0.29, 0.717) is 34.5 Å². The van der Waals surface area contributed by atoms with E-state index in [1.54, 1.807) is 33.5 Å². The molecular weight excluding hydrogens is 272 g/mol. The van der Waals surface area contributed by atoms with Crippen LogP contribution in [0.1, 0.15) is 5.89 Å². The van der Waals surface area contributed by atoms with Crippen LogP contribution < -0.4 is 14.2 Å². The Hall–Kier alpha value is -1.95. The SMILES string of the molecule is COc1cc(OC)c(-c2noc(CCl)n2)cc1OC. The van der Waals surface area contributed by atoms with E-state index in [-0.39, 0.29) is 5.88 Å². The molecule has 0 N–H and O–H groups in total. The van der Waals surface area contributed by atoms with Crippen LogP contribution >= 0.6 is 11.6 Å². The Morgan fingerprint density at radius 2 is 1.68 bits per heavy atom. The molecule has 0 spiro atoms. The van der Waals surface area contributed by atoms with Crippen LogP contribution in [0.5, 0.6) is 17.2 Å². The molecule has 0 unspecified atom stereocenters. The normalized spacial score (nSPS) is 10.3. The number of rotatable bonds is 5. The van der Waals surface area contributed by atoms with Crippen molar-refractivity contribution in [1.82, 2.24) is 10.1 Å². The van der Waals surface area contributed by atoms with Crippen LogP contribution in [-0.4, -0.2) is 31.5 Å². The van der Waals surface area contributed by atoms with Gasteiger partial charge in [-0.1, -0.05) is 5.16 Å². The van der Waals surface area contributed by atoms with E-state index < -0.39 is 0 Å². The summed E-state index contributed by atoms with van der Waals surface area (Å²) in [7, 11) is 4.65. The zero-order chi connectivity index (χ0) is 13.8. The van der Waals surface area contributed by atoms with Gasteiger partial charge in [-0.25, -0.2) is 0 Å². The summed E-state index contributed by atoms with van der Waals surface area (Å²) < 4.78 is 20.7. The minimum absolute atomic E-state index is 0.155. The van der Waals surface area contributed by atoms with Gasteiger partial charge < -0.3 is 18.7 Å². The molecule has 0 radical (unpaired) electrons. The topological polar surface area (TPSA) is 66.6 Å². The Bertz CT molecular complexity index is 571. The summed E-state index contributed by atoms with van der Waals surface area (Å²) >= 11 is 5.64. The maximum atomic E-state index is 5.64. The number of methoxy groups -OCH3 is 3. The second-order valence-electron chi connectivity index (χ2n) is 3.55. The standard InChI is InChI=1S/C12H13ClN2O4/c1-16-8-5-10(18-3)9(17-2)4-7(8)12-14-11(6-13)19-15-12/h4-5H,6H2,1-3H3. The molecule has 1 heterocycles. The maximum Gasteiger partial charge on any atom is 0.241 e. The van der Waals surface area contributed by atoms with Crippen molar-refractivity contribution in [3.05, 3.63) is 18.0 Å². The summed E-state index contributed by atoms with van der Waals surface area (Å²) in [5.41, 5.74) is 0.639. The van der Waals surface area contributed by atoms with Gasteiger partial charge >= 0.3 is 0 Å². The molecular formula is C12H13ClN2O4. The van der Waals surface area contributed by atoms with E-state index in [4.69, 9.17) is 30.3 Å². The molecule has 0 aliphatic carbocycles. The molecule has 1 aromatic heterocycles. The Balaban J connectivity index is 2.54. The number of ether oxygens (including phenoxy) is 3. The average Bonchev–Trinajstić information content (AvgIpc) is 2.94. The summed E-state index contributed by atoms with van der Waals surface area (Å²) in [5, 5.41) is 3.85. The number of alkyl halides is 1. The van der Waals surface area contributed by atoms with E-state index in [0.717, 1.165) is 0 Å². The number of aromatic nitrogens is 2. The van der Waals surface area contributed by atoms with Gasteiger partial charge in [0.2, 0.25) is 11.7 Å². The van der Waals surface area contributed by atoms with E-state index in [1.165, 1.54) is 0 Å². The fraction of sp³-hybridized carbons (Fsp3) is 0.333. The Morgan fingerprint density at radius 1 is 1.05 bits per heavy atom. The molecule has 0 saturated heterocycles. The number of benzene rings is 1. The molecule has 1 aromatic carbocycles. The number of hydrogen-bond donors (Lipinski definition) is 0. The lowest BCUT2D eigenvalue weighted by atomic mass is 10.1. The van der Waals surface area contributed by atoms with Crippen molar-refractivity contribution in [2.75, 3.05) is 21.3 Å². The predicted molar refractivity (Wildman–Crippen MR) is 68.9 cm³/mol. The first-order valence-electron chi connectivity index (χ1n) is 5.42. The van der Waals surface area contributed by atoms with Crippen LogP contribution in [0, 0.1) is 0 Å².